The van der Waals surface area contributed by atoms with Crippen molar-refractivity contribution in [2.45, 2.75) is 11.9 Å². The molecule has 2 aromatic carbocycles. The molecule has 170 valence electrons. The van der Waals surface area contributed by atoms with Crippen molar-refractivity contribution in [2.75, 3.05) is 0 Å². The van der Waals surface area contributed by atoms with Crippen LogP contribution in [0.4, 0.5) is 17.6 Å². The summed E-state index contributed by atoms with van der Waals surface area (Å²) in [7, 11) is -3.56. The van der Waals surface area contributed by atoms with Crippen molar-refractivity contribution >= 4 is 21.7 Å². The second-order valence-electron chi connectivity index (χ2n) is 6.55. The minimum Gasteiger partial charge on any atom is -0.380 e. The van der Waals surface area contributed by atoms with E-state index in [1.165, 1.54) is 12.1 Å². The van der Waals surface area contributed by atoms with Gasteiger partial charge in [0.2, 0.25) is 0 Å². The molecule has 0 aliphatic rings. The predicted molar refractivity (Wildman–Crippen MR) is 107 cm³/mol. The quantitative estimate of drug-likeness (QED) is 0.403. The molecule has 0 aliphatic carbocycles. The normalized spacial score (nSPS) is 12.1. The molecule has 0 aliphatic heterocycles. The van der Waals surface area contributed by atoms with Gasteiger partial charge in [0.1, 0.15) is 17.3 Å². The van der Waals surface area contributed by atoms with E-state index in [1.807, 2.05) is 0 Å². The number of hydrogen-bond acceptors (Lipinski definition) is 5. The van der Waals surface area contributed by atoms with E-state index in [0.29, 0.717) is 17.7 Å². The lowest BCUT2D eigenvalue weighted by atomic mass is 10.2. The second-order valence-corrected chi connectivity index (χ2v) is 8.53. The Bertz CT molecular complexity index is 1400. The van der Waals surface area contributed by atoms with Gasteiger partial charge in [0, 0.05) is 19.2 Å². The molecular formula is C19H13ClF4N2O5S. The third-order valence-electron chi connectivity index (χ3n) is 4.26. The van der Waals surface area contributed by atoms with Gasteiger partial charge in [-0.3, -0.25) is 9.36 Å². The molecule has 3 rings (SSSR count). The second kappa shape index (κ2) is 8.43. The van der Waals surface area contributed by atoms with Gasteiger partial charge >= 0.3 is 22.0 Å². The van der Waals surface area contributed by atoms with Crippen LogP contribution in [-0.4, -0.2) is 17.6 Å². The fourth-order valence-corrected chi connectivity index (χ4v) is 4.12. The van der Waals surface area contributed by atoms with Crippen LogP contribution in [0, 0.1) is 5.82 Å². The smallest absolute Gasteiger partial charge is 0.380 e. The van der Waals surface area contributed by atoms with E-state index in [1.54, 1.807) is 18.2 Å². The molecule has 0 fully saturated rings. The predicted octanol–water partition coefficient (Wildman–Crippen LogP) is 3.26. The highest BCUT2D eigenvalue weighted by Gasteiger charge is 2.35. The molecule has 0 saturated heterocycles. The molecule has 13 heteroatoms. The van der Waals surface area contributed by atoms with Crippen LogP contribution in [-0.2, 0) is 29.1 Å². The average molecular weight is 493 g/mol. The Morgan fingerprint density at radius 1 is 1.06 bits per heavy atom. The molecule has 0 spiro atoms. The van der Waals surface area contributed by atoms with Crippen LogP contribution in [0.3, 0.4) is 0 Å². The first-order valence-electron chi connectivity index (χ1n) is 8.66. The number of aromatic nitrogens is 2. The fraction of sp³-hybridized carbons (Fsp3) is 0.158. The SMILES string of the molecule is Cn1c(C(F)(F)F)cc(=O)n(-c2cc(OS(=O)(=O)Cc3ccccc3)c(Cl)cc2F)c1=O. The van der Waals surface area contributed by atoms with Crippen molar-refractivity contribution in [1.82, 2.24) is 9.13 Å². The molecule has 0 radical (unpaired) electrons. The van der Waals surface area contributed by atoms with Crippen molar-refractivity contribution < 1.29 is 30.2 Å². The summed E-state index contributed by atoms with van der Waals surface area (Å²) in [4.78, 5) is 24.6. The Hall–Kier alpha value is -3.12. The summed E-state index contributed by atoms with van der Waals surface area (Å²) in [6.45, 7) is 0. The topological polar surface area (TPSA) is 87.4 Å². The maximum absolute atomic E-state index is 14.5. The van der Waals surface area contributed by atoms with Crippen LogP contribution in [0.15, 0.2) is 58.1 Å². The van der Waals surface area contributed by atoms with E-state index in [2.05, 4.69) is 0 Å². The highest BCUT2D eigenvalue weighted by molar-refractivity contribution is 7.86. The molecule has 1 heterocycles. The molecule has 32 heavy (non-hydrogen) atoms. The molecular weight excluding hydrogens is 480 g/mol. The standard InChI is InChI=1S/C19H13ClF4N2O5S/c1-25-16(19(22,23)24)9-17(27)26(18(25)28)14-8-15(12(20)7-13(14)21)31-32(29,30)10-11-5-3-2-4-6-11/h2-9H,10H2,1H3. The number of nitrogens with zero attached hydrogens (tertiary/aromatic N) is 2. The van der Waals surface area contributed by atoms with E-state index < -0.39 is 61.3 Å². The number of halogens is 5. The number of rotatable bonds is 5. The average Bonchev–Trinajstić information content (AvgIpc) is 2.67. The molecule has 0 bridgehead atoms. The maximum Gasteiger partial charge on any atom is 0.431 e. The van der Waals surface area contributed by atoms with Crippen LogP contribution >= 0.6 is 11.6 Å². The third-order valence-corrected chi connectivity index (χ3v) is 5.67. The Labute approximate surface area is 183 Å². The first kappa shape index (κ1) is 23.5. The zero-order chi connectivity index (χ0) is 23.8. The number of alkyl halides is 3. The van der Waals surface area contributed by atoms with E-state index in [0.717, 1.165) is 7.05 Å². The molecule has 7 nitrogen and oxygen atoms in total. The number of hydrogen-bond donors (Lipinski definition) is 0. The summed E-state index contributed by atoms with van der Waals surface area (Å²) in [5.41, 5.74) is -5.00. The van der Waals surface area contributed by atoms with E-state index in [-0.39, 0.29) is 15.2 Å². The van der Waals surface area contributed by atoms with Crippen molar-refractivity contribution in [2.24, 2.45) is 7.05 Å². The largest absolute Gasteiger partial charge is 0.431 e. The van der Waals surface area contributed by atoms with Gasteiger partial charge < -0.3 is 4.18 Å². The highest BCUT2D eigenvalue weighted by atomic mass is 35.5. The van der Waals surface area contributed by atoms with Gasteiger partial charge in [0.05, 0.1) is 10.7 Å². The van der Waals surface area contributed by atoms with Gasteiger partial charge in [-0.25, -0.2) is 13.8 Å². The van der Waals surface area contributed by atoms with Crippen LogP contribution in [0.25, 0.3) is 5.69 Å². The first-order chi connectivity index (χ1) is 14.8. The summed E-state index contributed by atoms with van der Waals surface area (Å²) >= 11 is 5.84. The van der Waals surface area contributed by atoms with Gasteiger partial charge in [-0.1, -0.05) is 41.9 Å². The van der Waals surface area contributed by atoms with Gasteiger partial charge in [-0.05, 0) is 11.6 Å². The van der Waals surface area contributed by atoms with Crippen molar-refractivity contribution in [3.63, 3.8) is 0 Å². The van der Waals surface area contributed by atoms with Crippen LogP contribution in [0.2, 0.25) is 5.02 Å². The van der Waals surface area contributed by atoms with Crippen LogP contribution in [0.5, 0.6) is 5.75 Å². The summed E-state index contributed by atoms with van der Waals surface area (Å²) in [6.07, 6.45) is -5.01. The third kappa shape index (κ3) is 4.86. The van der Waals surface area contributed by atoms with Gasteiger partial charge in [0.15, 0.2) is 5.75 Å². The monoisotopic (exact) mass is 492 g/mol. The highest BCUT2D eigenvalue weighted by Crippen LogP contribution is 2.31. The zero-order valence-corrected chi connectivity index (χ0v) is 17.6. The summed E-state index contributed by atoms with van der Waals surface area (Å²) in [5.74, 6) is -2.45. The molecule has 0 amide bonds. The summed E-state index contributed by atoms with van der Waals surface area (Å²) < 4.78 is 83.4. The van der Waals surface area contributed by atoms with Crippen molar-refractivity contribution in [3.8, 4) is 11.4 Å². The Morgan fingerprint density at radius 3 is 2.28 bits per heavy atom. The molecule has 0 saturated carbocycles. The maximum atomic E-state index is 14.5. The first-order valence-corrected chi connectivity index (χ1v) is 10.6. The molecule has 0 N–H and O–H groups in total. The van der Waals surface area contributed by atoms with Crippen LogP contribution < -0.4 is 15.4 Å². The van der Waals surface area contributed by atoms with E-state index >= 15 is 0 Å². The van der Waals surface area contributed by atoms with Gasteiger partial charge in [-0.15, -0.1) is 0 Å². The Kier molecular flexibility index (Phi) is 6.20. The van der Waals surface area contributed by atoms with Gasteiger partial charge in [-0.2, -0.15) is 21.6 Å². The molecule has 3 aromatic rings. The zero-order valence-electron chi connectivity index (χ0n) is 16.1. The lowest BCUT2D eigenvalue weighted by molar-refractivity contribution is -0.144. The lowest BCUT2D eigenvalue weighted by Gasteiger charge is -2.15. The number of benzene rings is 2. The Balaban J connectivity index is 2.10. The van der Waals surface area contributed by atoms with Crippen molar-refractivity contribution in [1.29, 1.82) is 0 Å². The van der Waals surface area contributed by atoms with E-state index in [9.17, 15) is 35.6 Å². The minimum absolute atomic E-state index is 0.109. The van der Waals surface area contributed by atoms with E-state index in [4.69, 9.17) is 15.8 Å². The molecule has 0 unspecified atom stereocenters. The molecule has 0 atom stereocenters. The summed E-state index contributed by atoms with van der Waals surface area (Å²) in [5, 5.41) is -0.500. The molecule has 1 aromatic heterocycles. The van der Waals surface area contributed by atoms with Gasteiger partial charge in [0.25, 0.3) is 5.56 Å². The Morgan fingerprint density at radius 2 is 1.69 bits per heavy atom. The van der Waals surface area contributed by atoms with Crippen LogP contribution in [0.1, 0.15) is 11.3 Å². The minimum atomic E-state index is -5.01. The lowest BCUT2D eigenvalue weighted by Crippen LogP contribution is -2.41. The van der Waals surface area contributed by atoms with Crippen molar-refractivity contribution in [3.05, 3.63) is 91.5 Å². The summed E-state index contributed by atoms with van der Waals surface area (Å²) in [6, 6.07) is 9.24. The fourth-order valence-electron chi connectivity index (χ4n) is 2.82.